The fourth-order valence-corrected chi connectivity index (χ4v) is 3.37. The number of nitrogens with one attached hydrogen (secondary N) is 2. The standard InChI is InChI=1S/C15H15ClFN5O2S/c1-25(23,24)9-3-5-11(13(17)7-9)10-4-2-8(6-12(10)16)15(19)20-14(18)21-22-15/h2-7,22H,19H2,1H3,(H3,18,20,21). The normalized spacial score (nSPS) is 20.2. The van der Waals surface area contributed by atoms with Gasteiger partial charge in [0.2, 0.25) is 11.7 Å². The molecule has 0 fully saturated rings. The van der Waals surface area contributed by atoms with Crippen LogP contribution in [-0.2, 0) is 15.6 Å². The maximum Gasteiger partial charge on any atom is 0.209 e. The number of guanidine groups is 1. The summed E-state index contributed by atoms with van der Waals surface area (Å²) >= 11 is 6.27. The summed E-state index contributed by atoms with van der Waals surface area (Å²) in [7, 11) is -3.50. The highest BCUT2D eigenvalue weighted by Crippen LogP contribution is 2.33. The summed E-state index contributed by atoms with van der Waals surface area (Å²) in [5.41, 5.74) is 18.0. The lowest BCUT2D eigenvalue weighted by molar-refractivity contribution is 0.375. The predicted molar refractivity (Wildman–Crippen MR) is 93.7 cm³/mol. The van der Waals surface area contributed by atoms with Crippen LogP contribution < -0.4 is 22.3 Å². The second kappa shape index (κ2) is 5.95. The molecule has 0 saturated carbocycles. The lowest BCUT2D eigenvalue weighted by atomic mass is 10.0. The number of nitrogens with two attached hydrogens (primary N) is 2. The van der Waals surface area contributed by atoms with E-state index in [9.17, 15) is 12.8 Å². The second-order valence-corrected chi connectivity index (χ2v) is 8.04. The third-order valence-electron chi connectivity index (χ3n) is 3.75. The summed E-state index contributed by atoms with van der Waals surface area (Å²) in [5, 5.41) is 0.232. The van der Waals surface area contributed by atoms with Crippen LogP contribution in [0.15, 0.2) is 46.3 Å². The lowest BCUT2D eigenvalue weighted by Crippen LogP contribution is -2.50. The van der Waals surface area contributed by atoms with E-state index in [4.69, 9.17) is 23.1 Å². The largest absolute Gasteiger partial charge is 0.369 e. The van der Waals surface area contributed by atoms with Gasteiger partial charge in [-0.3, -0.25) is 11.2 Å². The highest BCUT2D eigenvalue weighted by Gasteiger charge is 2.32. The Balaban J connectivity index is 2.03. The van der Waals surface area contributed by atoms with E-state index in [-0.39, 0.29) is 21.4 Å². The molecule has 7 nitrogen and oxygen atoms in total. The summed E-state index contributed by atoms with van der Waals surface area (Å²) in [5.74, 6) is -1.85. The number of hydrogen-bond donors (Lipinski definition) is 4. The predicted octanol–water partition coefficient (Wildman–Crippen LogP) is 1.04. The minimum atomic E-state index is -3.50. The third kappa shape index (κ3) is 3.31. The van der Waals surface area contributed by atoms with Crippen molar-refractivity contribution in [3.8, 4) is 11.1 Å². The van der Waals surface area contributed by atoms with E-state index in [1.54, 1.807) is 12.1 Å². The van der Waals surface area contributed by atoms with Crippen LogP contribution in [0.25, 0.3) is 11.1 Å². The van der Waals surface area contributed by atoms with Crippen molar-refractivity contribution in [1.82, 2.24) is 10.9 Å². The molecule has 0 saturated heterocycles. The van der Waals surface area contributed by atoms with Gasteiger partial charge < -0.3 is 5.73 Å². The highest BCUT2D eigenvalue weighted by atomic mass is 35.5. The summed E-state index contributed by atoms with van der Waals surface area (Å²) in [6, 6.07) is 8.41. The van der Waals surface area contributed by atoms with E-state index in [1.165, 1.54) is 18.2 Å². The Kier molecular flexibility index (Phi) is 4.20. The molecule has 132 valence electrons. The molecule has 1 aliphatic heterocycles. The second-order valence-electron chi connectivity index (χ2n) is 5.62. The summed E-state index contributed by atoms with van der Waals surface area (Å²) in [4.78, 5) is 3.94. The average Bonchev–Trinajstić information content (AvgIpc) is 2.87. The number of hydrogen-bond acceptors (Lipinski definition) is 7. The number of benzene rings is 2. The first-order valence-corrected chi connectivity index (χ1v) is 9.34. The minimum absolute atomic E-state index is 0.103. The van der Waals surface area contributed by atoms with Crippen molar-refractivity contribution in [1.29, 1.82) is 0 Å². The van der Waals surface area contributed by atoms with Crippen LogP contribution in [0.2, 0.25) is 5.02 Å². The van der Waals surface area contributed by atoms with E-state index >= 15 is 0 Å². The van der Waals surface area contributed by atoms with Crippen molar-refractivity contribution in [2.24, 2.45) is 16.5 Å². The molecule has 0 aliphatic carbocycles. The number of hydrazine groups is 1. The van der Waals surface area contributed by atoms with Crippen LogP contribution in [0.4, 0.5) is 4.39 Å². The van der Waals surface area contributed by atoms with Gasteiger partial charge in [0, 0.05) is 28.0 Å². The molecule has 1 aliphatic rings. The lowest BCUT2D eigenvalue weighted by Gasteiger charge is -2.21. The van der Waals surface area contributed by atoms with Gasteiger partial charge in [-0.2, -0.15) is 5.43 Å². The molecule has 0 aromatic heterocycles. The molecule has 0 bridgehead atoms. The molecule has 3 rings (SSSR count). The Hall–Kier alpha value is -2.20. The first-order valence-electron chi connectivity index (χ1n) is 7.07. The number of sulfone groups is 1. The van der Waals surface area contributed by atoms with Crippen LogP contribution in [0.1, 0.15) is 5.56 Å². The number of nitrogens with zero attached hydrogens (tertiary/aromatic N) is 1. The van der Waals surface area contributed by atoms with Gasteiger partial charge in [-0.05, 0) is 18.2 Å². The van der Waals surface area contributed by atoms with Gasteiger partial charge in [0.25, 0.3) is 0 Å². The first-order chi connectivity index (χ1) is 11.6. The Labute approximate surface area is 148 Å². The molecule has 6 N–H and O–H groups in total. The van der Waals surface area contributed by atoms with Crippen molar-refractivity contribution in [3.63, 3.8) is 0 Å². The number of rotatable bonds is 3. The van der Waals surface area contributed by atoms with E-state index in [0.29, 0.717) is 11.1 Å². The quantitative estimate of drug-likeness (QED) is 0.628. The zero-order valence-corrected chi connectivity index (χ0v) is 14.6. The summed E-state index contributed by atoms with van der Waals surface area (Å²) in [6.45, 7) is 0. The van der Waals surface area contributed by atoms with E-state index < -0.39 is 21.4 Å². The van der Waals surface area contributed by atoms with Crippen LogP contribution in [0.3, 0.4) is 0 Å². The fraction of sp³-hybridized carbons (Fsp3) is 0.133. The van der Waals surface area contributed by atoms with Gasteiger partial charge in [0.1, 0.15) is 5.82 Å². The van der Waals surface area contributed by atoms with E-state index in [0.717, 1.165) is 12.3 Å². The Morgan fingerprint density at radius 1 is 1.20 bits per heavy atom. The van der Waals surface area contributed by atoms with E-state index in [2.05, 4.69) is 15.8 Å². The smallest absolute Gasteiger partial charge is 0.209 e. The summed E-state index contributed by atoms with van der Waals surface area (Å²) < 4.78 is 37.4. The van der Waals surface area contributed by atoms with Gasteiger partial charge in [0.05, 0.1) is 4.90 Å². The monoisotopic (exact) mass is 383 g/mol. The zero-order valence-electron chi connectivity index (χ0n) is 13.0. The molecule has 2 aromatic carbocycles. The topological polar surface area (TPSA) is 123 Å². The SMILES string of the molecule is CS(=O)(=O)c1ccc(-c2ccc(C3(N)N=C(N)NN3)cc2Cl)c(F)c1. The Morgan fingerprint density at radius 2 is 1.88 bits per heavy atom. The van der Waals surface area contributed by atoms with E-state index in [1.807, 2.05) is 0 Å². The molecule has 2 aromatic rings. The average molecular weight is 384 g/mol. The molecule has 0 amide bonds. The van der Waals surface area contributed by atoms with Crippen molar-refractivity contribution in [2.45, 2.75) is 10.7 Å². The molecule has 1 atom stereocenters. The summed E-state index contributed by atoms with van der Waals surface area (Å²) in [6.07, 6.45) is 1.01. The van der Waals surface area contributed by atoms with Crippen molar-refractivity contribution < 1.29 is 12.8 Å². The molecular formula is C15H15ClFN5O2S. The molecule has 10 heteroatoms. The maximum atomic E-state index is 14.4. The molecule has 25 heavy (non-hydrogen) atoms. The van der Waals surface area contributed by atoms with Crippen LogP contribution in [0, 0.1) is 5.82 Å². The van der Waals surface area contributed by atoms with Gasteiger partial charge in [-0.15, -0.1) is 0 Å². The molecular weight excluding hydrogens is 369 g/mol. The Bertz CT molecular complexity index is 995. The number of halogens is 2. The first kappa shape index (κ1) is 17.6. The number of aliphatic imine (C=N–C) groups is 1. The maximum absolute atomic E-state index is 14.4. The van der Waals surface area contributed by atoms with Gasteiger partial charge in [0.15, 0.2) is 9.84 Å². The van der Waals surface area contributed by atoms with Gasteiger partial charge >= 0.3 is 0 Å². The van der Waals surface area contributed by atoms with Crippen molar-refractivity contribution in [2.75, 3.05) is 6.26 Å². The van der Waals surface area contributed by atoms with Crippen LogP contribution >= 0.6 is 11.6 Å². The zero-order chi connectivity index (χ0) is 18.4. The third-order valence-corrected chi connectivity index (χ3v) is 5.17. The Morgan fingerprint density at radius 3 is 2.40 bits per heavy atom. The molecule has 1 unspecified atom stereocenters. The van der Waals surface area contributed by atoms with Gasteiger partial charge in [-0.25, -0.2) is 17.8 Å². The molecule has 0 radical (unpaired) electrons. The van der Waals surface area contributed by atoms with Gasteiger partial charge in [-0.1, -0.05) is 29.8 Å². The molecule has 1 heterocycles. The van der Waals surface area contributed by atoms with Crippen LogP contribution in [0.5, 0.6) is 0 Å². The fourth-order valence-electron chi connectivity index (χ4n) is 2.46. The van der Waals surface area contributed by atoms with Crippen molar-refractivity contribution >= 4 is 27.4 Å². The minimum Gasteiger partial charge on any atom is -0.369 e. The highest BCUT2D eigenvalue weighted by molar-refractivity contribution is 7.90. The molecule has 0 spiro atoms. The van der Waals surface area contributed by atoms with Crippen molar-refractivity contribution in [3.05, 3.63) is 52.8 Å². The van der Waals surface area contributed by atoms with Crippen LogP contribution in [-0.4, -0.2) is 20.6 Å².